The summed E-state index contributed by atoms with van der Waals surface area (Å²) in [6.07, 6.45) is 2.96. The molecule has 5 nitrogen and oxygen atoms in total. The lowest BCUT2D eigenvalue weighted by Crippen LogP contribution is -2.43. The number of nitrogens with one attached hydrogen (secondary N) is 1. The molecule has 0 aliphatic carbocycles. The van der Waals surface area contributed by atoms with Crippen LogP contribution in [0.5, 0.6) is 0 Å². The normalized spacial score (nSPS) is 17.1. The lowest BCUT2D eigenvalue weighted by atomic mass is 10.3. The Hall–Kier alpha value is -1.46. The molecule has 2 aromatic rings. The fraction of sp³-hybridized carbons (Fsp3) is 0.571. The summed E-state index contributed by atoms with van der Waals surface area (Å²) >= 11 is 0. The number of hydrogen-bond acceptors (Lipinski definition) is 4. The number of piperazine rings is 1. The van der Waals surface area contributed by atoms with E-state index in [1.54, 1.807) is 0 Å². The summed E-state index contributed by atoms with van der Waals surface area (Å²) in [5, 5.41) is 3.39. The molecule has 1 N–H and O–H groups in total. The summed E-state index contributed by atoms with van der Waals surface area (Å²) in [6, 6.07) is 4.01. The molecule has 0 amide bonds. The molecule has 1 aliphatic heterocycles. The molecule has 0 unspecified atom stereocenters. The van der Waals surface area contributed by atoms with Gasteiger partial charge in [0.1, 0.15) is 11.3 Å². The lowest BCUT2D eigenvalue weighted by Gasteiger charge is -2.26. The van der Waals surface area contributed by atoms with Crippen LogP contribution in [0.25, 0.3) is 11.2 Å². The van der Waals surface area contributed by atoms with Gasteiger partial charge in [0.15, 0.2) is 5.65 Å². The van der Waals surface area contributed by atoms with E-state index in [0.717, 1.165) is 62.7 Å². The highest BCUT2D eigenvalue weighted by Gasteiger charge is 2.16. The third-order valence-electron chi connectivity index (χ3n) is 3.60. The first-order valence-electron chi connectivity index (χ1n) is 7.11. The third kappa shape index (κ3) is 2.62. The highest BCUT2D eigenvalue weighted by Crippen LogP contribution is 2.16. The van der Waals surface area contributed by atoms with Crippen LogP contribution in [0.1, 0.15) is 19.2 Å². The molecule has 0 radical (unpaired) electrons. The van der Waals surface area contributed by atoms with E-state index in [1.807, 2.05) is 12.3 Å². The highest BCUT2D eigenvalue weighted by atomic mass is 15.2. The Morgan fingerprint density at radius 2 is 2.16 bits per heavy atom. The summed E-state index contributed by atoms with van der Waals surface area (Å²) in [5.74, 6) is 1.15. The molecule has 0 bridgehead atoms. The van der Waals surface area contributed by atoms with Crippen molar-refractivity contribution in [2.24, 2.45) is 0 Å². The maximum atomic E-state index is 4.76. The first kappa shape index (κ1) is 12.6. The molecule has 0 aromatic carbocycles. The van der Waals surface area contributed by atoms with Gasteiger partial charge in [0.25, 0.3) is 0 Å². The van der Waals surface area contributed by atoms with Gasteiger partial charge in [-0.1, -0.05) is 6.92 Å². The minimum atomic E-state index is 0.929. The average molecular weight is 259 g/mol. The number of imidazole rings is 1. The number of nitrogens with zero attached hydrogens (tertiary/aromatic N) is 4. The molecule has 3 heterocycles. The monoisotopic (exact) mass is 259 g/mol. The molecule has 2 aromatic heterocycles. The Balaban J connectivity index is 1.90. The Morgan fingerprint density at radius 1 is 1.32 bits per heavy atom. The predicted molar refractivity (Wildman–Crippen MR) is 76.0 cm³/mol. The molecule has 0 saturated carbocycles. The quantitative estimate of drug-likeness (QED) is 0.897. The van der Waals surface area contributed by atoms with Gasteiger partial charge in [-0.15, -0.1) is 0 Å². The van der Waals surface area contributed by atoms with Crippen molar-refractivity contribution in [3.05, 3.63) is 24.2 Å². The average Bonchev–Trinajstić information content (AvgIpc) is 2.79. The summed E-state index contributed by atoms with van der Waals surface area (Å²) < 4.78 is 2.28. The Morgan fingerprint density at radius 3 is 2.95 bits per heavy atom. The molecule has 0 spiro atoms. The number of pyridine rings is 1. The van der Waals surface area contributed by atoms with Gasteiger partial charge in [-0.2, -0.15) is 0 Å². The summed E-state index contributed by atoms with van der Waals surface area (Å²) in [5.41, 5.74) is 2.04. The van der Waals surface area contributed by atoms with Crippen molar-refractivity contribution < 1.29 is 0 Å². The fourth-order valence-electron chi connectivity index (χ4n) is 2.65. The smallest absolute Gasteiger partial charge is 0.160 e. The highest BCUT2D eigenvalue weighted by molar-refractivity contribution is 5.71. The van der Waals surface area contributed by atoms with Crippen LogP contribution in [0.2, 0.25) is 0 Å². The van der Waals surface area contributed by atoms with Gasteiger partial charge in [0.05, 0.1) is 6.54 Å². The van der Waals surface area contributed by atoms with Crippen LogP contribution in [0.4, 0.5) is 0 Å². The lowest BCUT2D eigenvalue weighted by molar-refractivity contribution is 0.225. The van der Waals surface area contributed by atoms with E-state index in [2.05, 4.69) is 32.8 Å². The van der Waals surface area contributed by atoms with Crippen molar-refractivity contribution in [1.29, 1.82) is 0 Å². The fourth-order valence-corrected chi connectivity index (χ4v) is 2.65. The molecule has 102 valence electrons. The van der Waals surface area contributed by atoms with E-state index in [0.29, 0.717) is 0 Å². The van der Waals surface area contributed by atoms with Gasteiger partial charge in [0, 0.05) is 38.9 Å². The van der Waals surface area contributed by atoms with Crippen LogP contribution in [-0.4, -0.2) is 45.6 Å². The predicted octanol–water partition coefficient (Wildman–Crippen LogP) is 1.25. The van der Waals surface area contributed by atoms with Crippen molar-refractivity contribution in [1.82, 2.24) is 24.8 Å². The zero-order valence-electron chi connectivity index (χ0n) is 11.5. The van der Waals surface area contributed by atoms with E-state index in [1.165, 1.54) is 0 Å². The first-order chi connectivity index (χ1) is 9.38. The molecule has 1 fully saturated rings. The van der Waals surface area contributed by atoms with E-state index in [4.69, 9.17) is 4.98 Å². The maximum absolute atomic E-state index is 4.76. The van der Waals surface area contributed by atoms with Crippen LogP contribution in [-0.2, 0) is 13.1 Å². The number of aromatic nitrogens is 3. The van der Waals surface area contributed by atoms with Crippen molar-refractivity contribution in [3.8, 4) is 0 Å². The molecule has 0 atom stereocenters. The van der Waals surface area contributed by atoms with Gasteiger partial charge in [-0.05, 0) is 18.6 Å². The van der Waals surface area contributed by atoms with Gasteiger partial charge in [-0.3, -0.25) is 4.90 Å². The molecule has 1 saturated heterocycles. The van der Waals surface area contributed by atoms with E-state index in [-0.39, 0.29) is 0 Å². The van der Waals surface area contributed by atoms with Gasteiger partial charge in [-0.25, -0.2) is 9.97 Å². The summed E-state index contributed by atoms with van der Waals surface area (Å²) in [4.78, 5) is 11.7. The first-order valence-corrected chi connectivity index (χ1v) is 7.11. The van der Waals surface area contributed by atoms with E-state index >= 15 is 0 Å². The maximum Gasteiger partial charge on any atom is 0.160 e. The zero-order valence-corrected chi connectivity index (χ0v) is 11.5. The third-order valence-corrected chi connectivity index (χ3v) is 3.60. The van der Waals surface area contributed by atoms with Crippen molar-refractivity contribution in [2.45, 2.75) is 26.4 Å². The van der Waals surface area contributed by atoms with Crippen molar-refractivity contribution in [2.75, 3.05) is 26.2 Å². The Labute approximate surface area is 113 Å². The summed E-state index contributed by atoms with van der Waals surface area (Å²) in [6.45, 7) is 8.47. The number of fused-ring (bicyclic) bond motifs is 1. The van der Waals surface area contributed by atoms with Crippen molar-refractivity contribution in [3.63, 3.8) is 0 Å². The van der Waals surface area contributed by atoms with Crippen LogP contribution >= 0.6 is 0 Å². The van der Waals surface area contributed by atoms with Gasteiger partial charge < -0.3 is 9.88 Å². The molecular formula is C14H21N5. The molecule has 1 aliphatic rings. The summed E-state index contributed by atoms with van der Waals surface area (Å²) in [7, 11) is 0. The second-order valence-electron chi connectivity index (χ2n) is 5.05. The number of hydrogen-bond donors (Lipinski definition) is 1. The van der Waals surface area contributed by atoms with Crippen LogP contribution < -0.4 is 5.32 Å². The van der Waals surface area contributed by atoms with Gasteiger partial charge in [0.2, 0.25) is 0 Å². The molecule has 19 heavy (non-hydrogen) atoms. The zero-order chi connectivity index (χ0) is 13.1. The molecule has 5 heteroatoms. The van der Waals surface area contributed by atoms with E-state index in [9.17, 15) is 0 Å². The molecule has 3 rings (SSSR count). The second-order valence-corrected chi connectivity index (χ2v) is 5.05. The van der Waals surface area contributed by atoms with Crippen LogP contribution in [0, 0.1) is 0 Å². The Bertz CT molecular complexity index is 542. The SMILES string of the molecule is CCCn1c(CN2CCNCC2)nc2cccnc21. The topological polar surface area (TPSA) is 46.0 Å². The van der Waals surface area contributed by atoms with Crippen molar-refractivity contribution >= 4 is 11.2 Å². The number of rotatable bonds is 4. The largest absolute Gasteiger partial charge is 0.314 e. The second kappa shape index (κ2) is 5.67. The van der Waals surface area contributed by atoms with Crippen LogP contribution in [0.15, 0.2) is 18.3 Å². The minimum Gasteiger partial charge on any atom is -0.314 e. The van der Waals surface area contributed by atoms with Gasteiger partial charge >= 0.3 is 0 Å². The Kier molecular flexibility index (Phi) is 3.75. The van der Waals surface area contributed by atoms with E-state index < -0.39 is 0 Å². The molecular weight excluding hydrogens is 238 g/mol. The standard InChI is InChI=1S/C14H21N5/c1-2-8-19-13(11-18-9-6-15-7-10-18)17-12-4-3-5-16-14(12)19/h3-5,15H,2,6-11H2,1H3. The minimum absolute atomic E-state index is 0.929. The number of aryl methyl sites for hydroxylation is 1. The van der Waals surface area contributed by atoms with Crippen LogP contribution in [0.3, 0.4) is 0 Å².